The van der Waals surface area contributed by atoms with Crippen molar-refractivity contribution >= 4 is 10.8 Å². The van der Waals surface area contributed by atoms with Crippen molar-refractivity contribution in [3.63, 3.8) is 0 Å². The highest BCUT2D eigenvalue weighted by atomic mass is 32.2. The fourth-order valence-electron chi connectivity index (χ4n) is 0.817. The highest BCUT2D eigenvalue weighted by Crippen LogP contribution is 1.84. The van der Waals surface area contributed by atoms with Crippen LogP contribution in [0.15, 0.2) is 0 Å². The Hall–Kier alpha value is 0.0700. The van der Waals surface area contributed by atoms with Crippen molar-refractivity contribution in [1.82, 2.24) is 5.32 Å². The van der Waals surface area contributed by atoms with E-state index in [1.165, 1.54) is 0 Å². The summed E-state index contributed by atoms with van der Waals surface area (Å²) in [6.07, 6.45) is 1.85. The minimum absolute atomic E-state index is 0.266. The smallest absolute Gasteiger partial charge is 0.0431 e. The largest absolute Gasteiger partial charge is 0.396 e. The van der Waals surface area contributed by atoms with Crippen LogP contribution in [-0.2, 0) is 10.8 Å². The van der Waals surface area contributed by atoms with Gasteiger partial charge in [0.05, 0.1) is 0 Å². The third-order valence-electron chi connectivity index (χ3n) is 1.59. The van der Waals surface area contributed by atoms with Gasteiger partial charge in [-0.3, -0.25) is 4.21 Å². The van der Waals surface area contributed by atoms with E-state index in [1.54, 1.807) is 0 Å². The SMILES string of the molecule is CCS(=O)CCNCCCCO. The fraction of sp³-hybridized carbons (Fsp3) is 1.00. The lowest BCUT2D eigenvalue weighted by Crippen LogP contribution is -2.22. The Morgan fingerprint density at radius 1 is 1.33 bits per heavy atom. The van der Waals surface area contributed by atoms with Crippen molar-refractivity contribution in [2.24, 2.45) is 0 Å². The molecular formula is C8H19NO2S. The number of aliphatic hydroxyl groups is 1. The van der Waals surface area contributed by atoms with E-state index in [-0.39, 0.29) is 6.61 Å². The lowest BCUT2D eigenvalue weighted by molar-refractivity contribution is 0.284. The van der Waals surface area contributed by atoms with E-state index >= 15 is 0 Å². The van der Waals surface area contributed by atoms with Crippen LogP contribution in [0.1, 0.15) is 19.8 Å². The van der Waals surface area contributed by atoms with Crippen molar-refractivity contribution in [2.75, 3.05) is 31.2 Å². The van der Waals surface area contributed by atoms with Crippen LogP contribution in [0.25, 0.3) is 0 Å². The summed E-state index contributed by atoms with van der Waals surface area (Å²) >= 11 is 0. The molecule has 0 aromatic heterocycles. The molecule has 0 saturated heterocycles. The number of hydrogen-bond acceptors (Lipinski definition) is 3. The zero-order chi connectivity index (χ0) is 9.23. The van der Waals surface area contributed by atoms with E-state index in [1.807, 2.05) is 6.92 Å². The van der Waals surface area contributed by atoms with Crippen LogP contribution in [0.5, 0.6) is 0 Å². The van der Waals surface area contributed by atoms with Crippen LogP contribution in [-0.4, -0.2) is 40.5 Å². The third-order valence-corrected chi connectivity index (χ3v) is 2.89. The summed E-state index contributed by atoms with van der Waals surface area (Å²) in [7, 11) is -0.646. The van der Waals surface area contributed by atoms with Crippen LogP contribution in [0.2, 0.25) is 0 Å². The van der Waals surface area contributed by atoms with E-state index in [9.17, 15) is 4.21 Å². The van der Waals surface area contributed by atoms with Crippen molar-refractivity contribution in [1.29, 1.82) is 0 Å². The molecule has 0 aliphatic carbocycles. The molecule has 3 nitrogen and oxygen atoms in total. The van der Waals surface area contributed by atoms with E-state index in [0.717, 1.165) is 37.4 Å². The van der Waals surface area contributed by atoms with Gasteiger partial charge >= 0.3 is 0 Å². The Kier molecular flexibility index (Phi) is 9.21. The van der Waals surface area contributed by atoms with Gasteiger partial charge in [-0.2, -0.15) is 0 Å². The lowest BCUT2D eigenvalue weighted by atomic mass is 10.3. The molecule has 1 atom stereocenters. The van der Waals surface area contributed by atoms with Crippen molar-refractivity contribution in [3.8, 4) is 0 Å². The van der Waals surface area contributed by atoms with Crippen molar-refractivity contribution in [3.05, 3.63) is 0 Å². The van der Waals surface area contributed by atoms with Gasteiger partial charge < -0.3 is 10.4 Å². The highest BCUT2D eigenvalue weighted by Gasteiger charge is 1.94. The standard InChI is InChI=1S/C8H19NO2S/c1-2-12(11)8-6-9-5-3-4-7-10/h9-10H,2-8H2,1H3. The molecule has 0 spiro atoms. The van der Waals surface area contributed by atoms with Crippen molar-refractivity contribution in [2.45, 2.75) is 19.8 Å². The van der Waals surface area contributed by atoms with Gasteiger partial charge in [-0.1, -0.05) is 6.92 Å². The Balaban J connectivity index is 2.95. The van der Waals surface area contributed by atoms with E-state index < -0.39 is 10.8 Å². The maximum absolute atomic E-state index is 10.9. The highest BCUT2D eigenvalue weighted by molar-refractivity contribution is 7.84. The molecule has 0 saturated carbocycles. The van der Waals surface area contributed by atoms with Gasteiger partial charge in [0.1, 0.15) is 0 Å². The minimum atomic E-state index is -0.646. The first-order valence-corrected chi connectivity index (χ1v) is 5.96. The molecule has 0 rings (SSSR count). The molecule has 0 radical (unpaired) electrons. The Morgan fingerprint density at radius 3 is 2.67 bits per heavy atom. The molecule has 0 aromatic rings. The van der Waals surface area contributed by atoms with Gasteiger partial charge in [-0.05, 0) is 19.4 Å². The maximum atomic E-state index is 10.9. The average Bonchev–Trinajstić information content (AvgIpc) is 2.10. The molecule has 4 heteroatoms. The normalized spacial score (nSPS) is 13.2. The molecule has 0 aromatic carbocycles. The second-order valence-electron chi connectivity index (χ2n) is 2.61. The average molecular weight is 193 g/mol. The van der Waals surface area contributed by atoms with E-state index in [2.05, 4.69) is 5.32 Å². The van der Waals surface area contributed by atoms with Gasteiger partial charge in [-0.25, -0.2) is 0 Å². The second kappa shape index (κ2) is 9.16. The first kappa shape index (κ1) is 12.1. The number of unbranched alkanes of at least 4 members (excludes halogenated alkanes) is 1. The number of hydrogen-bond donors (Lipinski definition) is 2. The first-order chi connectivity index (χ1) is 5.81. The molecule has 0 amide bonds. The summed E-state index contributed by atoms with van der Waals surface area (Å²) < 4.78 is 10.9. The summed E-state index contributed by atoms with van der Waals surface area (Å²) in [6, 6.07) is 0. The quantitative estimate of drug-likeness (QED) is 0.538. The number of aliphatic hydroxyl groups excluding tert-OH is 1. The monoisotopic (exact) mass is 193 g/mol. The van der Waals surface area contributed by atoms with Gasteiger partial charge in [0.25, 0.3) is 0 Å². The molecule has 0 bridgehead atoms. The topological polar surface area (TPSA) is 49.3 Å². The van der Waals surface area contributed by atoms with Crippen LogP contribution >= 0.6 is 0 Å². The predicted molar refractivity (Wildman–Crippen MR) is 52.7 cm³/mol. The summed E-state index contributed by atoms with van der Waals surface area (Å²) in [5.74, 6) is 1.49. The molecule has 0 aliphatic heterocycles. The second-order valence-corrected chi connectivity index (χ2v) is 4.48. The van der Waals surface area contributed by atoms with Gasteiger partial charge in [0.2, 0.25) is 0 Å². The summed E-state index contributed by atoms with van der Waals surface area (Å²) in [5, 5.41) is 11.7. The molecule has 2 N–H and O–H groups in total. The molecule has 74 valence electrons. The lowest BCUT2D eigenvalue weighted by Gasteiger charge is -2.02. The van der Waals surface area contributed by atoms with Crippen molar-refractivity contribution < 1.29 is 9.32 Å². The van der Waals surface area contributed by atoms with Crippen LogP contribution in [0.4, 0.5) is 0 Å². The molecule has 12 heavy (non-hydrogen) atoms. The minimum Gasteiger partial charge on any atom is -0.396 e. The zero-order valence-electron chi connectivity index (χ0n) is 7.71. The third kappa shape index (κ3) is 8.17. The summed E-state index contributed by atoms with van der Waals surface area (Å²) in [4.78, 5) is 0. The summed E-state index contributed by atoms with van der Waals surface area (Å²) in [6.45, 7) is 3.94. The fourth-order valence-corrected chi connectivity index (χ4v) is 1.48. The number of rotatable bonds is 8. The Bertz CT molecular complexity index is 120. The predicted octanol–water partition coefficient (Wildman–Crippen LogP) is 0.117. The summed E-state index contributed by atoms with van der Waals surface area (Å²) in [5.41, 5.74) is 0. The van der Waals surface area contributed by atoms with E-state index in [4.69, 9.17) is 5.11 Å². The Labute approximate surface area is 77.0 Å². The van der Waals surface area contributed by atoms with Crippen LogP contribution in [0.3, 0.4) is 0 Å². The van der Waals surface area contributed by atoms with Gasteiger partial charge in [-0.15, -0.1) is 0 Å². The van der Waals surface area contributed by atoms with E-state index in [0.29, 0.717) is 0 Å². The zero-order valence-corrected chi connectivity index (χ0v) is 8.53. The molecule has 1 unspecified atom stereocenters. The van der Waals surface area contributed by atoms with Crippen LogP contribution < -0.4 is 5.32 Å². The molecule has 0 fully saturated rings. The first-order valence-electron chi connectivity index (χ1n) is 4.47. The Morgan fingerprint density at radius 2 is 2.08 bits per heavy atom. The molecule has 0 heterocycles. The maximum Gasteiger partial charge on any atom is 0.0431 e. The van der Waals surface area contributed by atoms with Crippen LogP contribution in [0, 0.1) is 0 Å². The molecule has 0 aliphatic rings. The molecular weight excluding hydrogens is 174 g/mol. The number of nitrogens with one attached hydrogen (secondary N) is 1. The van der Waals surface area contributed by atoms with Gasteiger partial charge in [0.15, 0.2) is 0 Å². The van der Waals surface area contributed by atoms with Gasteiger partial charge in [0, 0.05) is 35.5 Å².